The fraction of sp³-hybridized carbons (Fsp3) is 0.500. The quantitative estimate of drug-likeness (QED) is 0.221. The van der Waals surface area contributed by atoms with E-state index in [0.717, 1.165) is 45.0 Å². The minimum absolute atomic E-state index is 0. The van der Waals surface area contributed by atoms with Crippen molar-refractivity contribution in [3.63, 3.8) is 0 Å². The molecule has 1 heterocycles. The Morgan fingerprint density at radius 3 is 2.67 bits per heavy atom. The minimum atomic E-state index is 0. The van der Waals surface area contributed by atoms with Gasteiger partial charge in [-0.05, 0) is 37.0 Å². The highest BCUT2D eigenvalue weighted by atomic mass is 127. The lowest BCUT2D eigenvalue weighted by atomic mass is 10.1. The second-order valence-electron chi connectivity index (χ2n) is 6.07. The number of aromatic nitrogens is 2. The molecule has 2 N–H and O–H groups in total. The number of rotatable bonds is 11. The van der Waals surface area contributed by atoms with Crippen LogP contribution in [0, 0.1) is 0 Å². The van der Waals surface area contributed by atoms with Crippen LogP contribution in [-0.4, -0.2) is 35.4 Å². The monoisotopic (exact) mass is 485 g/mol. The van der Waals surface area contributed by atoms with Crippen LogP contribution in [0.4, 0.5) is 0 Å². The van der Waals surface area contributed by atoms with Crippen LogP contribution in [0.25, 0.3) is 0 Å². The molecule has 0 saturated carbocycles. The van der Waals surface area contributed by atoms with E-state index in [9.17, 15) is 0 Å². The second kappa shape index (κ2) is 14.4. The Morgan fingerprint density at radius 2 is 1.96 bits per heavy atom. The highest BCUT2D eigenvalue weighted by Crippen LogP contribution is 2.11. The van der Waals surface area contributed by atoms with Crippen molar-refractivity contribution in [2.24, 2.45) is 4.99 Å². The molecular formula is C20H32IN5O. The fourth-order valence-corrected chi connectivity index (χ4v) is 2.57. The SMILES string of the molecule is CCCOCc1ccccc1CN=C(NCC)NCCCn1cccn1.I. The van der Waals surface area contributed by atoms with Crippen molar-refractivity contribution in [2.45, 2.75) is 46.4 Å². The van der Waals surface area contributed by atoms with Gasteiger partial charge in [-0.3, -0.25) is 4.68 Å². The van der Waals surface area contributed by atoms with Gasteiger partial charge < -0.3 is 15.4 Å². The van der Waals surface area contributed by atoms with E-state index in [-0.39, 0.29) is 24.0 Å². The molecular weight excluding hydrogens is 453 g/mol. The number of aryl methyl sites for hydroxylation is 1. The molecule has 0 bridgehead atoms. The predicted molar refractivity (Wildman–Crippen MR) is 121 cm³/mol. The molecule has 1 aromatic heterocycles. The Kier molecular flexibility index (Phi) is 12.5. The summed E-state index contributed by atoms with van der Waals surface area (Å²) in [7, 11) is 0. The Labute approximate surface area is 179 Å². The maximum absolute atomic E-state index is 5.69. The van der Waals surface area contributed by atoms with Crippen molar-refractivity contribution in [1.29, 1.82) is 0 Å². The molecule has 7 heteroatoms. The molecule has 150 valence electrons. The van der Waals surface area contributed by atoms with Crippen LogP contribution in [-0.2, 0) is 24.4 Å². The first-order valence-electron chi connectivity index (χ1n) is 9.47. The van der Waals surface area contributed by atoms with Gasteiger partial charge in [0.25, 0.3) is 0 Å². The van der Waals surface area contributed by atoms with E-state index in [4.69, 9.17) is 9.73 Å². The molecule has 0 aliphatic carbocycles. The first kappa shape index (κ1) is 23.4. The summed E-state index contributed by atoms with van der Waals surface area (Å²) in [5.41, 5.74) is 2.41. The van der Waals surface area contributed by atoms with E-state index in [1.165, 1.54) is 11.1 Å². The van der Waals surface area contributed by atoms with E-state index < -0.39 is 0 Å². The van der Waals surface area contributed by atoms with Crippen LogP contribution < -0.4 is 10.6 Å². The van der Waals surface area contributed by atoms with E-state index in [2.05, 4.69) is 53.8 Å². The summed E-state index contributed by atoms with van der Waals surface area (Å²) in [6, 6.07) is 10.3. The number of guanidine groups is 1. The number of halogens is 1. The van der Waals surface area contributed by atoms with Crippen molar-refractivity contribution in [3.8, 4) is 0 Å². The van der Waals surface area contributed by atoms with Crippen LogP contribution in [0.3, 0.4) is 0 Å². The number of hydrogen-bond acceptors (Lipinski definition) is 3. The molecule has 0 saturated heterocycles. The summed E-state index contributed by atoms with van der Waals surface area (Å²) < 4.78 is 7.63. The number of aliphatic imine (C=N–C) groups is 1. The van der Waals surface area contributed by atoms with E-state index in [0.29, 0.717) is 13.2 Å². The van der Waals surface area contributed by atoms with Crippen LogP contribution in [0.1, 0.15) is 37.8 Å². The van der Waals surface area contributed by atoms with Crippen LogP contribution in [0.5, 0.6) is 0 Å². The zero-order chi connectivity index (χ0) is 18.5. The third kappa shape index (κ3) is 9.23. The Balaban J connectivity index is 0.00000364. The Bertz CT molecular complexity index is 646. The Hall–Kier alpha value is -1.61. The number of benzene rings is 1. The number of ether oxygens (including phenoxy) is 1. The van der Waals surface area contributed by atoms with Gasteiger partial charge in [-0.2, -0.15) is 5.10 Å². The van der Waals surface area contributed by atoms with Gasteiger partial charge in [-0.15, -0.1) is 24.0 Å². The fourth-order valence-electron chi connectivity index (χ4n) is 2.57. The molecule has 6 nitrogen and oxygen atoms in total. The van der Waals surface area contributed by atoms with Crippen molar-refractivity contribution >= 4 is 29.9 Å². The van der Waals surface area contributed by atoms with Gasteiger partial charge in [-0.25, -0.2) is 4.99 Å². The summed E-state index contributed by atoms with van der Waals surface area (Å²) in [6.07, 6.45) is 5.82. The molecule has 0 aliphatic rings. The largest absolute Gasteiger partial charge is 0.377 e. The molecule has 0 fully saturated rings. The van der Waals surface area contributed by atoms with Gasteiger partial charge in [0.05, 0.1) is 13.2 Å². The maximum Gasteiger partial charge on any atom is 0.191 e. The highest BCUT2D eigenvalue weighted by molar-refractivity contribution is 14.0. The average Bonchev–Trinajstić information content (AvgIpc) is 3.18. The average molecular weight is 485 g/mol. The van der Waals surface area contributed by atoms with Crippen LogP contribution >= 0.6 is 24.0 Å². The van der Waals surface area contributed by atoms with Gasteiger partial charge in [0.1, 0.15) is 0 Å². The van der Waals surface area contributed by atoms with Crippen molar-refractivity contribution < 1.29 is 4.74 Å². The van der Waals surface area contributed by atoms with E-state index >= 15 is 0 Å². The van der Waals surface area contributed by atoms with E-state index in [1.54, 1.807) is 6.20 Å². The number of nitrogens with one attached hydrogen (secondary N) is 2. The van der Waals surface area contributed by atoms with Gasteiger partial charge in [-0.1, -0.05) is 31.2 Å². The summed E-state index contributed by atoms with van der Waals surface area (Å²) in [4.78, 5) is 4.72. The van der Waals surface area contributed by atoms with Gasteiger partial charge in [0.15, 0.2) is 5.96 Å². The molecule has 2 aromatic rings. The highest BCUT2D eigenvalue weighted by Gasteiger charge is 2.03. The zero-order valence-electron chi connectivity index (χ0n) is 16.4. The van der Waals surface area contributed by atoms with Crippen molar-refractivity contribution in [3.05, 3.63) is 53.9 Å². The van der Waals surface area contributed by atoms with Gasteiger partial charge >= 0.3 is 0 Å². The molecule has 2 rings (SSSR count). The second-order valence-corrected chi connectivity index (χ2v) is 6.07. The molecule has 0 unspecified atom stereocenters. The van der Waals surface area contributed by atoms with E-state index in [1.807, 2.05) is 16.9 Å². The Morgan fingerprint density at radius 1 is 1.15 bits per heavy atom. The smallest absolute Gasteiger partial charge is 0.191 e. The normalized spacial score (nSPS) is 11.1. The topological polar surface area (TPSA) is 63.5 Å². The third-order valence-corrected chi connectivity index (χ3v) is 3.89. The number of nitrogens with zero attached hydrogens (tertiary/aromatic N) is 3. The lowest BCUT2D eigenvalue weighted by Crippen LogP contribution is -2.38. The lowest BCUT2D eigenvalue weighted by Gasteiger charge is -2.12. The summed E-state index contributed by atoms with van der Waals surface area (Å²) in [6.45, 7) is 8.87. The zero-order valence-corrected chi connectivity index (χ0v) is 18.7. The number of hydrogen-bond donors (Lipinski definition) is 2. The predicted octanol–water partition coefficient (Wildman–Crippen LogP) is 3.57. The first-order valence-corrected chi connectivity index (χ1v) is 9.47. The first-order chi connectivity index (χ1) is 12.8. The minimum Gasteiger partial charge on any atom is -0.377 e. The van der Waals surface area contributed by atoms with Crippen molar-refractivity contribution in [1.82, 2.24) is 20.4 Å². The van der Waals surface area contributed by atoms with Crippen molar-refractivity contribution in [2.75, 3.05) is 19.7 Å². The molecule has 0 aliphatic heterocycles. The summed E-state index contributed by atoms with van der Waals surface area (Å²) in [5, 5.41) is 10.9. The van der Waals surface area contributed by atoms with Gasteiger partial charge in [0, 0.05) is 38.6 Å². The lowest BCUT2D eigenvalue weighted by molar-refractivity contribution is 0.121. The summed E-state index contributed by atoms with van der Waals surface area (Å²) >= 11 is 0. The molecule has 0 radical (unpaired) electrons. The van der Waals surface area contributed by atoms with Gasteiger partial charge in [0.2, 0.25) is 0 Å². The molecule has 27 heavy (non-hydrogen) atoms. The molecule has 1 aromatic carbocycles. The standard InChI is InChI=1S/C20H31N5O.HI/c1-3-15-26-17-19-10-6-5-9-18(19)16-23-20(21-4-2)22-11-7-13-25-14-8-12-24-25;/h5-6,8-10,12,14H,3-4,7,11,13,15-17H2,1-2H3,(H2,21,22,23);1H. The molecule has 0 spiro atoms. The molecule has 0 amide bonds. The van der Waals surface area contributed by atoms with Crippen LogP contribution in [0.15, 0.2) is 47.7 Å². The maximum atomic E-state index is 5.69. The molecule has 0 atom stereocenters. The summed E-state index contributed by atoms with van der Waals surface area (Å²) in [5.74, 6) is 0.845. The third-order valence-electron chi connectivity index (χ3n) is 3.89. The van der Waals surface area contributed by atoms with Crippen LogP contribution in [0.2, 0.25) is 0 Å².